The number of methoxy groups -OCH3 is 1. The first-order valence-corrected chi connectivity index (χ1v) is 10.0. The van der Waals surface area contributed by atoms with Gasteiger partial charge in [-0.3, -0.25) is 9.78 Å². The number of carbonyl (C=O) groups is 1. The highest BCUT2D eigenvalue weighted by atomic mass is 32.1. The third-order valence-electron chi connectivity index (χ3n) is 4.44. The molecule has 146 valence electrons. The lowest BCUT2D eigenvalue weighted by molar-refractivity contribution is 0.0958. The normalized spacial score (nSPS) is 10.7. The Labute approximate surface area is 172 Å². The van der Waals surface area contributed by atoms with Crippen LogP contribution in [0.3, 0.4) is 0 Å². The molecule has 2 N–H and O–H groups in total. The predicted molar refractivity (Wildman–Crippen MR) is 116 cm³/mol. The molecule has 4 aromatic rings. The summed E-state index contributed by atoms with van der Waals surface area (Å²) in [4.78, 5) is 21.6. The average molecular weight is 404 g/mol. The van der Waals surface area contributed by atoms with Crippen molar-refractivity contribution < 1.29 is 9.53 Å². The van der Waals surface area contributed by atoms with E-state index in [4.69, 9.17) is 4.74 Å². The Balaban J connectivity index is 1.33. The summed E-state index contributed by atoms with van der Waals surface area (Å²) >= 11 is 1.33. The topological polar surface area (TPSA) is 76.1 Å². The number of ether oxygens (including phenoxy) is 1. The molecule has 0 aliphatic carbocycles. The highest BCUT2D eigenvalue weighted by Gasteiger charge is 2.10. The van der Waals surface area contributed by atoms with Crippen LogP contribution in [0.4, 0.5) is 10.8 Å². The SMILES string of the molecule is COc1ccc(CCNC(=O)c2cnc(Nc3ccc4ncccc4c3)s2)cc1. The van der Waals surface area contributed by atoms with Gasteiger partial charge in [-0.15, -0.1) is 0 Å². The summed E-state index contributed by atoms with van der Waals surface area (Å²) in [6.45, 7) is 0.559. The fourth-order valence-corrected chi connectivity index (χ4v) is 3.67. The number of benzene rings is 2. The molecule has 0 saturated heterocycles. The molecule has 2 heterocycles. The van der Waals surface area contributed by atoms with Gasteiger partial charge in [0.2, 0.25) is 0 Å². The highest BCUT2D eigenvalue weighted by molar-refractivity contribution is 7.17. The zero-order valence-electron chi connectivity index (χ0n) is 15.9. The number of fused-ring (bicyclic) bond motifs is 1. The summed E-state index contributed by atoms with van der Waals surface area (Å²) in [5, 5.41) is 7.91. The van der Waals surface area contributed by atoms with Gasteiger partial charge in [0.05, 0.1) is 18.8 Å². The molecule has 0 bridgehead atoms. The Bertz CT molecular complexity index is 1130. The second kappa shape index (κ2) is 8.70. The van der Waals surface area contributed by atoms with Crippen molar-refractivity contribution in [3.63, 3.8) is 0 Å². The Morgan fingerprint density at radius 3 is 2.79 bits per heavy atom. The summed E-state index contributed by atoms with van der Waals surface area (Å²) < 4.78 is 5.15. The van der Waals surface area contributed by atoms with Crippen LogP contribution in [0.5, 0.6) is 5.75 Å². The fourth-order valence-electron chi connectivity index (χ4n) is 2.91. The van der Waals surface area contributed by atoms with Crippen molar-refractivity contribution in [3.8, 4) is 5.75 Å². The molecule has 0 unspecified atom stereocenters. The third kappa shape index (κ3) is 4.70. The van der Waals surface area contributed by atoms with Crippen LogP contribution in [0.25, 0.3) is 10.9 Å². The molecule has 2 aromatic heterocycles. The van der Waals surface area contributed by atoms with E-state index in [1.807, 2.05) is 54.6 Å². The molecule has 0 aliphatic heterocycles. The van der Waals surface area contributed by atoms with E-state index in [9.17, 15) is 4.79 Å². The number of nitrogens with one attached hydrogen (secondary N) is 2. The van der Waals surface area contributed by atoms with E-state index in [2.05, 4.69) is 20.6 Å². The zero-order chi connectivity index (χ0) is 20.1. The lowest BCUT2D eigenvalue weighted by Gasteiger charge is -2.05. The van der Waals surface area contributed by atoms with Crippen LogP contribution in [0, 0.1) is 0 Å². The molecule has 2 aromatic carbocycles. The van der Waals surface area contributed by atoms with E-state index in [0.717, 1.165) is 34.3 Å². The second-order valence-corrected chi connectivity index (χ2v) is 7.45. The lowest BCUT2D eigenvalue weighted by Crippen LogP contribution is -2.24. The number of pyridine rings is 1. The zero-order valence-corrected chi connectivity index (χ0v) is 16.7. The number of anilines is 2. The summed E-state index contributed by atoms with van der Waals surface area (Å²) in [5.41, 5.74) is 2.99. The molecule has 29 heavy (non-hydrogen) atoms. The molecule has 0 aliphatic rings. The molecule has 6 nitrogen and oxygen atoms in total. The van der Waals surface area contributed by atoms with Gasteiger partial charge < -0.3 is 15.4 Å². The molecule has 0 spiro atoms. The van der Waals surface area contributed by atoms with Crippen LogP contribution in [-0.4, -0.2) is 29.5 Å². The van der Waals surface area contributed by atoms with Crippen LogP contribution in [0.15, 0.2) is 67.0 Å². The Hall–Kier alpha value is -3.45. The summed E-state index contributed by atoms with van der Waals surface area (Å²) in [5.74, 6) is 0.705. The second-order valence-electron chi connectivity index (χ2n) is 6.42. The number of rotatable bonds is 7. The summed E-state index contributed by atoms with van der Waals surface area (Å²) in [6.07, 6.45) is 4.12. The Kier molecular flexibility index (Phi) is 5.67. The molecule has 1 amide bonds. The number of nitrogens with zero attached hydrogens (tertiary/aromatic N) is 2. The molecule has 7 heteroatoms. The number of thiazole rings is 1. The predicted octanol–water partition coefficient (Wildman–Crippen LogP) is 4.42. The van der Waals surface area contributed by atoms with Gasteiger partial charge >= 0.3 is 0 Å². The van der Waals surface area contributed by atoms with Crippen molar-refractivity contribution in [2.24, 2.45) is 0 Å². The Morgan fingerprint density at radius 1 is 1.10 bits per heavy atom. The van der Waals surface area contributed by atoms with Gasteiger partial charge in [-0.05, 0) is 48.4 Å². The first-order chi connectivity index (χ1) is 14.2. The smallest absolute Gasteiger partial charge is 0.263 e. The van der Waals surface area contributed by atoms with E-state index in [1.54, 1.807) is 19.5 Å². The van der Waals surface area contributed by atoms with Gasteiger partial charge in [-0.1, -0.05) is 29.5 Å². The monoisotopic (exact) mass is 404 g/mol. The van der Waals surface area contributed by atoms with Gasteiger partial charge in [-0.2, -0.15) is 0 Å². The van der Waals surface area contributed by atoms with Gasteiger partial charge in [0.1, 0.15) is 10.6 Å². The number of hydrogen-bond donors (Lipinski definition) is 2. The van der Waals surface area contributed by atoms with Crippen LogP contribution < -0.4 is 15.4 Å². The van der Waals surface area contributed by atoms with Crippen LogP contribution in [0.2, 0.25) is 0 Å². The van der Waals surface area contributed by atoms with Crippen molar-refractivity contribution in [2.75, 3.05) is 19.0 Å². The maximum atomic E-state index is 12.4. The van der Waals surface area contributed by atoms with Crippen molar-refractivity contribution >= 4 is 39.0 Å². The highest BCUT2D eigenvalue weighted by Crippen LogP contribution is 2.24. The van der Waals surface area contributed by atoms with Crippen LogP contribution in [0.1, 0.15) is 15.2 Å². The minimum Gasteiger partial charge on any atom is -0.497 e. The summed E-state index contributed by atoms with van der Waals surface area (Å²) in [6, 6.07) is 17.7. The van der Waals surface area contributed by atoms with E-state index < -0.39 is 0 Å². The van der Waals surface area contributed by atoms with Gasteiger partial charge in [0.15, 0.2) is 5.13 Å². The maximum Gasteiger partial charge on any atom is 0.263 e. The number of aromatic nitrogens is 2. The number of amides is 1. The first-order valence-electron chi connectivity index (χ1n) is 9.20. The largest absolute Gasteiger partial charge is 0.497 e. The maximum absolute atomic E-state index is 12.4. The van der Waals surface area contributed by atoms with Crippen molar-refractivity contribution in [1.82, 2.24) is 15.3 Å². The van der Waals surface area contributed by atoms with E-state index >= 15 is 0 Å². The molecule has 0 radical (unpaired) electrons. The third-order valence-corrected chi connectivity index (χ3v) is 5.35. The average Bonchev–Trinajstić information content (AvgIpc) is 3.23. The van der Waals surface area contributed by atoms with Gasteiger partial charge in [-0.25, -0.2) is 4.98 Å². The van der Waals surface area contributed by atoms with Gasteiger partial charge in [0.25, 0.3) is 5.91 Å². The standard InChI is InChI=1S/C22H20N4O2S/c1-28-18-7-4-15(5-8-18)10-12-24-21(27)20-14-25-22(29-20)26-17-6-9-19-16(13-17)3-2-11-23-19/h2-9,11,13-14H,10,12H2,1H3,(H,24,27)(H,25,26). The molecular weight excluding hydrogens is 384 g/mol. The van der Waals surface area contributed by atoms with Gasteiger partial charge in [0, 0.05) is 23.8 Å². The molecule has 4 rings (SSSR count). The Morgan fingerprint density at radius 2 is 1.97 bits per heavy atom. The first kappa shape index (κ1) is 18.9. The quantitative estimate of drug-likeness (QED) is 0.477. The van der Waals surface area contributed by atoms with E-state index in [-0.39, 0.29) is 5.91 Å². The molecule has 0 atom stereocenters. The summed E-state index contributed by atoms with van der Waals surface area (Å²) in [7, 11) is 1.64. The molecular formula is C22H20N4O2S. The lowest BCUT2D eigenvalue weighted by atomic mass is 10.1. The van der Waals surface area contributed by atoms with Crippen molar-refractivity contribution in [3.05, 3.63) is 77.4 Å². The van der Waals surface area contributed by atoms with E-state index in [1.165, 1.54) is 11.3 Å². The minimum atomic E-state index is -0.119. The number of hydrogen-bond acceptors (Lipinski definition) is 6. The van der Waals surface area contributed by atoms with Crippen molar-refractivity contribution in [1.29, 1.82) is 0 Å². The minimum absolute atomic E-state index is 0.119. The fraction of sp³-hybridized carbons (Fsp3) is 0.136. The van der Waals surface area contributed by atoms with Crippen LogP contribution in [-0.2, 0) is 6.42 Å². The molecule has 0 fully saturated rings. The molecule has 0 saturated carbocycles. The number of carbonyl (C=O) groups excluding carboxylic acids is 1. The van der Waals surface area contributed by atoms with E-state index in [0.29, 0.717) is 16.6 Å². The van der Waals surface area contributed by atoms with Crippen molar-refractivity contribution in [2.45, 2.75) is 6.42 Å². The van der Waals surface area contributed by atoms with Crippen LogP contribution >= 0.6 is 11.3 Å².